The Hall–Kier alpha value is -1.75. The minimum Gasteiger partial charge on any atom is -0.326 e. The molecule has 1 N–H and O–H groups in total. The highest BCUT2D eigenvalue weighted by Gasteiger charge is 2.35. The van der Waals surface area contributed by atoms with E-state index in [4.69, 9.17) is 34.8 Å². The molecule has 25 heavy (non-hydrogen) atoms. The summed E-state index contributed by atoms with van der Waals surface area (Å²) in [5.41, 5.74) is 2.18. The Balaban J connectivity index is 1.71. The van der Waals surface area contributed by atoms with Gasteiger partial charge in [0.1, 0.15) is 0 Å². The third-order valence-corrected chi connectivity index (χ3v) is 5.30. The smallest absolute Gasteiger partial charge is 0.229 e. The van der Waals surface area contributed by atoms with Crippen LogP contribution in [-0.4, -0.2) is 18.4 Å². The van der Waals surface area contributed by atoms with Gasteiger partial charge in [0, 0.05) is 29.4 Å². The second-order valence-corrected chi connectivity index (χ2v) is 7.18. The summed E-state index contributed by atoms with van der Waals surface area (Å²) in [6, 6.07) is 10.3. The Morgan fingerprint density at radius 1 is 1.08 bits per heavy atom. The summed E-state index contributed by atoms with van der Waals surface area (Å²) >= 11 is 18.0. The molecule has 1 aliphatic rings. The van der Waals surface area contributed by atoms with Crippen LogP contribution in [0.15, 0.2) is 36.4 Å². The number of amides is 2. The van der Waals surface area contributed by atoms with Crippen molar-refractivity contribution in [2.45, 2.75) is 13.3 Å². The number of benzene rings is 2. The van der Waals surface area contributed by atoms with E-state index in [0.29, 0.717) is 33.0 Å². The Bertz CT molecular complexity index is 854. The molecule has 0 radical (unpaired) electrons. The third kappa shape index (κ3) is 3.92. The zero-order chi connectivity index (χ0) is 18.1. The molecule has 0 aliphatic carbocycles. The highest BCUT2D eigenvalue weighted by Crippen LogP contribution is 2.31. The first-order valence-corrected chi connectivity index (χ1v) is 8.81. The number of hydrogen-bond donors (Lipinski definition) is 1. The quantitative estimate of drug-likeness (QED) is 0.797. The molecule has 0 unspecified atom stereocenters. The minimum atomic E-state index is -0.443. The van der Waals surface area contributed by atoms with Crippen LogP contribution >= 0.6 is 34.8 Å². The van der Waals surface area contributed by atoms with Crippen LogP contribution in [0.2, 0.25) is 15.1 Å². The van der Waals surface area contributed by atoms with Gasteiger partial charge in [-0.3, -0.25) is 9.59 Å². The number of rotatable bonds is 3. The van der Waals surface area contributed by atoms with E-state index in [9.17, 15) is 9.59 Å². The lowest BCUT2D eigenvalue weighted by atomic mass is 10.1. The second-order valence-electron chi connectivity index (χ2n) is 5.96. The van der Waals surface area contributed by atoms with Crippen molar-refractivity contribution in [1.29, 1.82) is 0 Å². The van der Waals surface area contributed by atoms with Crippen molar-refractivity contribution in [3.05, 3.63) is 57.0 Å². The van der Waals surface area contributed by atoms with E-state index in [2.05, 4.69) is 5.32 Å². The highest BCUT2D eigenvalue weighted by atomic mass is 35.5. The van der Waals surface area contributed by atoms with Crippen molar-refractivity contribution in [3.8, 4) is 0 Å². The Morgan fingerprint density at radius 2 is 1.84 bits per heavy atom. The van der Waals surface area contributed by atoms with Crippen molar-refractivity contribution < 1.29 is 9.59 Å². The number of carbonyl (C=O) groups excluding carboxylic acids is 2. The lowest BCUT2D eigenvalue weighted by Crippen LogP contribution is -2.28. The molecule has 1 heterocycles. The van der Waals surface area contributed by atoms with Crippen LogP contribution in [0.1, 0.15) is 12.0 Å². The van der Waals surface area contributed by atoms with Gasteiger partial charge in [-0.15, -0.1) is 0 Å². The van der Waals surface area contributed by atoms with Gasteiger partial charge in [-0.1, -0.05) is 40.9 Å². The van der Waals surface area contributed by atoms with Gasteiger partial charge in [0.25, 0.3) is 0 Å². The van der Waals surface area contributed by atoms with Crippen LogP contribution in [0.3, 0.4) is 0 Å². The van der Waals surface area contributed by atoms with E-state index in [1.165, 1.54) is 0 Å². The summed E-state index contributed by atoms with van der Waals surface area (Å²) < 4.78 is 0. The number of nitrogens with one attached hydrogen (secondary N) is 1. The SMILES string of the molecule is Cc1ccc(NC(=O)[C@@H]2CC(=O)N(c3ccc(Cl)c(Cl)c3)C2)cc1Cl. The molecule has 1 saturated heterocycles. The Morgan fingerprint density at radius 3 is 2.52 bits per heavy atom. The van der Waals surface area contributed by atoms with Gasteiger partial charge in [0.05, 0.1) is 16.0 Å². The molecule has 2 amide bonds. The van der Waals surface area contributed by atoms with Crippen LogP contribution in [0.5, 0.6) is 0 Å². The summed E-state index contributed by atoms with van der Waals surface area (Å²) in [6.45, 7) is 2.18. The largest absolute Gasteiger partial charge is 0.326 e. The minimum absolute atomic E-state index is 0.125. The van der Waals surface area contributed by atoms with Crippen molar-refractivity contribution >= 4 is 58.0 Å². The molecule has 1 fully saturated rings. The molecular weight excluding hydrogens is 383 g/mol. The first-order chi connectivity index (χ1) is 11.8. The lowest BCUT2D eigenvalue weighted by Gasteiger charge is -2.17. The first-order valence-electron chi connectivity index (χ1n) is 7.67. The molecule has 2 aromatic carbocycles. The average Bonchev–Trinajstić information content (AvgIpc) is 2.95. The zero-order valence-electron chi connectivity index (χ0n) is 13.4. The van der Waals surface area contributed by atoms with Crippen LogP contribution in [0.25, 0.3) is 0 Å². The fourth-order valence-corrected chi connectivity index (χ4v) is 3.17. The van der Waals surface area contributed by atoms with Gasteiger partial charge in [-0.2, -0.15) is 0 Å². The van der Waals surface area contributed by atoms with Gasteiger partial charge in [-0.25, -0.2) is 0 Å². The van der Waals surface area contributed by atoms with Gasteiger partial charge in [-0.05, 0) is 42.8 Å². The number of nitrogens with zero attached hydrogens (tertiary/aromatic N) is 1. The number of halogens is 3. The monoisotopic (exact) mass is 396 g/mol. The highest BCUT2D eigenvalue weighted by molar-refractivity contribution is 6.42. The molecule has 3 rings (SSSR count). The lowest BCUT2D eigenvalue weighted by molar-refractivity contribution is -0.122. The van der Waals surface area contributed by atoms with E-state index >= 15 is 0 Å². The standard InChI is InChI=1S/C18H15Cl3N2O2/c1-10-2-3-12(7-15(10)20)22-18(25)11-6-17(24)23(9-11)13-4-5-14(19)16(21)8-13/h2-5,7-8,11H,6,9H2,1H3,(H,22,25)/t11-/m1/s1. The number of anilines is 2. The Labute approximate surface area is 160 Å². The topological polar surface area (TPSA) is 49.4 Å². The maximum Gasteiger partial charge on any atom is 0.229 e. The van der Waals surface area contributed by atoms with Crippen LogP contribution in [0, 0.1) is 12.8 Å². The van der Waals surface area contributed by atoms with Crippen LogP contribution < -0.4 is 10.2 Å². The number of hydrogen-bond acceptors (Lipinski definition) is 2. The van der Waals surface area contributed by atoms with Crippen molar-refractivity contribution in [3.63, 3.8) is 0 Å². The zero-order valence-corrected chi connectivity index (χ0v) is 15.6. The molecule has 130 valence electrons. The molecule has 0 aromatic heterocycles. The first kappa shape index (κ1) is 18.1. The molecule has 1 atom stereocenters. The van der Waals surface area contributed by atoms with Gasteiger partial charge < -0.3 is 10.2 Å². The van der Waals surface area contributed by atoms with Gasteiger partial charge >= 0.3 is 0 Å². The maximum absolute atomic E-state index is 12.5. The van der Waals surface area contributed by atoms with E-state index in [-0.39, 0.29) is 18.2 Å². The maximum atomic E-state index is 12.5. The molecule has 0 saturated carbocycles. The second kappa shape index (κ2) is 7.24. The third-order valence-electron chi connectivity index (χ3n) is 4.15. The van der Waals surface area contributed by atoms with E-state index in [1.54, 1.807) is 35.2 Å². The van der Waals surface area contributed by atoms with Crippen LogP contribution in [-0.2, 0) is 9.59 Å². The van der Waals surface area contributed by atoms with Crippen LogP contribution in [0.4, 0.5) is 11.4 Å². The molecule has 7 heteroatoms. The van der Waals surface area contributed by atoms with E-state index in [1.807, 2.05) is 13.0 Å². The van der Waals surface area contributed by atoms with E-state index in [0.717, 1.165) is 5.56 Å². The normalized spacial score (nSPS) is 17.0. The molecule has 0 bridgehead atoms. The summed E-state index contributed by atoms with van der Waals surface area (Å²) in [5, 5.41) is 4.19. The average molecular weight is 398 g/mol. The van der Waals surface area contributed by atoms with Crippen molar-refractivity contribution in [2.75, 3.05) is 16.8 Å². The summed E-state index contributed by atoms with van der Waals surface area (Å²) in [5.74, 6) is -0.779. The summed E-state index contributed by atoms with van der Waals surface area (Å²) in [4.78, 5) is 26.3. The molecule has 2 aromatic rings. The predicted octanol–water partition coefficient (Wildman–Crippen LogP) is 4.95. The molecule has 4 nitrogen and oxygen atoms in total. The molecule has 1 aliphatic heterocycles. The number of carbonyl (C=O) groups is 2. The Kier molecular flexibility index (Phi) is 5.23. The summed E-state index contributed by atoms with van der Waals surface area (Å²) in [6.07, 6.45) is 0.145. The van der Waals surface area contributed by atoms with Gasteiger partial charge in [0.2, 0.25) is 11.8 Å². The fraction of sp³-hybridized carbons (Fsp3) is 0.222. The fourth-order valence-electron chi connectivity index (χ4n) is 2.70. The van der Waals surface area contributed by atoms with Gasteiger partial charge in [0.15, 0.2) is 0 Å². The van der Waals surface area contributed by atoms with Crippen molar-refractivity contribution in [2.24, 2.45) is 5.92 Å². The summed E-state index contributed by atoms with van der Waals surface area (Å²) in [7, 11) is 0. The van der Waals surface area contributed by atoms with E-state index < -0.39 is 5.92 Å². The number of aryl methyl sites for hydroxylation is 1. The predicted molar refractivity (Wildman–Crippen MR) is 102 cm³/mol. The molecular formula is C18H15Cl3N2O2. The molecule has 0 spiro atoms. The van der Waals surface area contributed by atoms with Crippen molar-refractivity contribution in [1.82, 2.24) is 0 Å².